The third-order valence-corrected chi connectivity index (χ3v) is 2.22. The van der Waals surface area contributed by atoms with Gasteiger partial charge in [-0.3, -0.25) is 0 Å². The molecule has 1 unspecified atom stereocenters. The normalized spacial score (nSPS) is 24.2. The summed E-state index contributed by atoms with van der Waals surface area (Å²) in [5.74, 6) is 1.01. The topological polar surface area (TPSA) is 51.0 Å². The van der Waals surface area contributed by atoms with Crippen molar-refractivity contribution in [1.82, 2.24) is 15.5 Å². The van der Waals surface area contributed by atoms with Crippen LogP contribution in [0.2, 0.25) is 5.28 Å². The molecule has 1 aromatic rings. The monoisotopic (exact) mass is 187 g/mol. The van der Waals surface area contributed by atoms with E-state index in [9.17, 15) is 0 Å². The summed E-state index contributed by atoms with van der Waals surface area (Å²) in [5.41, 5.74) is 0. The lowest BCUT2D eigenvalue weighted by molar-refractivity contribution is 0.322. The minimum atomic E-state index is 0.204. The second kappa shape index (κ2) is 3.41. The Labute approximate surface area is 75.3 Å². The van der Waals surface area contributed by atoms with Crippen LogP contribution >= 0.6 is 11.6 Å². The first-order chi connectivity index (χ1) is 5.86. The molecule has 4 nitrogen and oxygen atoms in total. The van der Waals surface area contributed by atoms with Crippen LogP contribution in [0.15, 0.2) is 4.52 Å². The number of piperidine rings is 1. The predicted molar refractivity (Wildman–Crippen MR) is 44.2 cm³/mol. The average Bonchev–Trinajstić information content (AvgIpc) is 2.54. The van der Waals surface area contributed by atoms with Crippen molar-refractivity contribution in [1.29, 1.82) is 0 Å². The molecule has 1 aromatic heterocycles. The van der Waals surface area contributed by atoms with Crippen LogP contribution in [0, 0.1) is 0 Å². The molecular weight excluding hydrogens is 178 g/mol. The third-order valence-electron chi connectivity index (χ3n) is 2.06. The fraction of sp³-hybridized carbons (Fsp3) is 0.714. The zero-order chi connectivity index (χ0) is 8.39. The Hall–Kier alpha value is -0.610. The van der Waals surface area contributed by atoms with Crippen LogP contribution in [0.3, 0.4) is 0 Å². The zero-order valence-electron chi connectivity index (χ0n) is 6.59. The van der Waals surface area contributed by atoms with Gasteiger partial charge >= 0.3 is 0 Å². The van der Waals surface area contributed by atoms with Crippen LogP contribution < -0.4 is 5.32 Å². The van der Waals surface area contributed by atoms with Crippen LogP contribution in [0.4, 0.5) is 0 Å². The van der Waals surface area contributed by atoms with Crippen molar-refractivity contribution in [2.24, 2.45) is 0 Å². The molecule has 1 atom stereocenters. The van der Waals surface area contributed by atoms with E-state index >= 15 is 0 Å². The standard InChI is InChI=1S/C7H10ClN3O/c8-7-10-6(12-11-7)5-2-1-3-9-4-5/h5,9H,1-4H2. The lowest BCUT2D eigenvalue weighted by atomic mass is 10.00. The predicted octanol–water partition coefficient (Wildman–Crippen LogP) is 1.19. The second-order valence-electron chi connectivity index (χ2n) is 2.94. The summed E-state index contributed by atoms with van der Waals surface area (Å²) in [5, 5.41) is 7.02. The van der Waals surface area contributed by atoms with Gasteiger partial charge in [0.05, 0.1) is 5.92 Å². The maximum atomic E-state index is 5.54. The molecule has 0 saturated carbocycles. The van der Waals surface area contributed by atoms with Gasteiger partial charge in [-0.2, -0.15) is 4.98 Å². The summed E-state index contributed by atoms with van der Waals surface area (Å²) in [6, 6.07) is 0. The van der Waals surface area contributed by atoms with Crippen LogP contribution in [0.5, 0.6) is 0 Å². The van der Waals surface area contributed by atoms with Crippen molar-refractivity contribution in [3.05, 3.63) is 11.2 Å². The van der Waals surface area contributed by atoms with E-state index in [1.807, 2.05) is 0 Å². The highest BCUT2D eigenvalue weighted by Crippen LogP contribution is 2.21. The fourth-order valence-electron chi connectivity index (χ4n) is 1.44. The molecule has 0 aromatic carbocycles. The summed E-state index contributed by atoms with van der Waals surface area (Å²) >= 11 is 5.54. The first kappa shape index (κ1) is 8.01. The van der Waals surface area contributed by atoms with Gasteiger partial charge < -0.3 is 9.84 Å². The summed E-state index contributed by atoms with van der Waals surface area (Å²) < 4.78 is 4.97. The van der Waals surface area contributed by atoms with E-state index in [1.165, 1.54) is 0 Å². The molecule has 0 amide bonds. The number of hydrogen-bond acceptors (Lipinski definition) is 4. The van der Waals surface area contributed by atoms with Gasteiger partial charge in [0, 0.05) is 6.54 Å². The molecule has 12 heavy (non-hydrogen) atoms. The van der Waals surface area contributed by atoms with Gasteiger partial charge in [0.15, 0.2) is 0 Å². The molecule has 0 aliphatic carbocycles. The minimum absolute atomic E-state index is 0.204. The van der Waals surface area contributed by atoms with Crippen molar-refractivity contribution in [2.75, 3.05) is 13.1 Å². The average molecular weight is 188 g/mol. The summed E-state index contributed by atoms with van der Waals surface area (Å²) in [7, 11) is 0. The number of halogens is 1. The molecule has 0 spiro atoms. The van der Waals surface area contributed by atoms with E-state index in [-0.39, 0.29) is 5.28 Å². The molecule has 0 bridgehead atoms. The molecule has 2 rings (SSSR count). The zero-order valence-corrected chi connectivity index (χ0v) is 7.34. The Morgan fingerprint density at radius 1 is 1.58 bits per heavy atom. The maximum absolute atomic E-state index is 5.54. The van der Waals surface area contributed by atoms with Gasteiger partial charge in [-0.1, -0.05) is 0 Å². The van der Waals surface area contributed by atoms with Crippen molar-refractivity contribution >= 4 is 11.6 Å². The largest absolute Gasteiger partial charge is 0.338 e. The molecule has 2 heterocycles. The van der Waals surface area contributed by atoms with Gasteiger partial charge in [-0.05, 0) is 36.1 Å². The molecule has 1 saturated heterocycles. The van der Waals surface area contributed by atoms with E-state index in [1.54, 1.807) is 0 Å². The molecule has 1 fully saturated rings. The highest BCUT2D eigenvalue weighted by Gasteiger charge is 2.20. The van der Waals surface area contributed by atoms with Crippen LogP contribution in [0.25, 0.3) is 0 Å². The Balaban J connectivity index is 2.08. The quantitative estimate of drug-likeness (QED) is 0.718. The first-order valence-corrected chi connectivity index (χ1v) is 4.44. The number of nitrogens with one attached hydrogen (secondary N) is 1. The van der Waals surface area contributed by atoms with Crippen molar-refractivity contribution < 1.29 is 4.52 Å². The minimum Gasteiger partial charge on any atom is -0.338 e. The van der Waals surface area contributed by atoms with Gasteiger partial charge in [-0.25, -0.2) is 0 Å². The third kappa shape index (κ3) is 1.59. The Morgan fingerprint density at radius 2 is 2.50 bits per heavy atom. The van der Waals surface area contributed by atoms with E-state index in [2.05, 4.69) is 15.5 Å². The molecule has 5 heteroatoms. The van der Waals surface area contributed by atoms with Crippen LogP contribution in [0.1, 0.15) is 24.7 Å². The molecule has 1 aliphatic heterocycles. The maximum Gasteiger partial charge on any atom is 0.263 e. The lowest BCUT2D eigenvalue weighted by Crippen LogP contribution is -2.28. The molecule has 66 valence electrons. The molecule has 0 radical (unpaired) electrons. The summed E-state index contributed by atoms with van der Waals surface area (Å²) in [4.78, 5) is 3.98. The van der Waals surface area contributed by atoms with Gasteiger partial charge in [0.25, 0.3) is 5.28 Å². The SMILES string of the molecule is Clc1noc(C2CCCNC2)n1. The highest BCUT2D eigenvalue weighted by atomic mass is 35.5. The molecule has 1 aliphatic rings. The summed E-state index contributed by atoms with van der Waals surface area (Å²) in [6.45, 7) is 2.00. The fourth-order valence-corrected chi connectivity index (χ4v) is 1.56. The number of hydrogen-bond donors (Lipinski definition) is 1. The van der Waals surface area contributed by atoms with Crippen molar-refractivity contribution in [3.63, 3.8) is 0 Å². The first-order valence-electron chi connectivity index (χ1n) is 4.06. The van der Waals surface area contributed by atoms with E-state index in [0.29, 0.717) is 11.8 Å². The van der Waals surface area contributed by atoms with E-state index < -0.39 is 0 Å². The Morgan fingerprint density at radius 3 is 3.08 bits per heavy atom. The number of rotatable bonds is 1. The molecular formula is C7H10ClN3O. The number of aromatic nitrogens is 2. The smallest absolute Gasteiger partial charge is 0.263 e. The Kier molecular flexibility index (Phi) is 2.28. The Bertz CT molecular complexity index is 257. The van der Waals surface area contributed by atoms with Crippen LogP contribution in [-0.2, 0) is 0 Å². The van der Waals surface area contributed by atoms with E-state index in [4.69, 9.17) is 16.1 Å². The van der Waals surface area contributed by atoms with Crippen molar-refractivity contribution in [3.8, 4) is 0 Å². The second-order valence-corrected chi connectivity index (χ2v) is 3.28. The van der Waals surface area contributed by atoms with E-state index in [0.717, 1.165) is 25.9 Å². The van der Waals surface area contributed by atoms with Gasteiger partial charge in [0.2, 0.25) is 5.89 Å². The number of nitrogens with zero attached hydrogens (tertiary/aromatic N) is 2. The molecule has 1 N–H and O–H groups in total. The van der Waals surface area contributed by atoms with Gasteiger partial charge in [0.1, 0.15) is 0 Å². The lowest BCUT2D eigenvalue weighted by Gasteiger charge is -2.18. The van der Waals surface area contributed by atoms with Gasteiger partial charge in [-0.15, -0.1) is 0 Å². The van der Waals surface area contributed by atoms with Crippen LogP contribution in [-0.4, -0.2) is 23.2 Å². The summed E-state index contributed by atoms with van der Waals surface area (Å²) in [6.07, 6.45) is 2.26. The van der Waals surface area contributed by atoms with Crippen molar-refractivity contribution in [2.45, 2.75) is 18.8 Å². The highest BCUT2D eigenvalue weighted by molar-refractivity contribution is 6.28.